The summed E-state index contributed by atoms with van der Waals surface area (Å²) in [7, 11) is 0. The maximum Gasteiger partial charge on any atom is 0.252 e. The van der Waals surface area contributed by atoms with Crippen molar-refractivity contribution in [3.8, 4) is 0 Å². The number of nitrogen functional groups attached to an aromatic ring is 1. The number of nitrogens with two attached hydrogens (primary N) is 1. The minimum atomic E-state index is -0.144. The van der Waals surface area contributed by atoms with Crippen molar-refractivity contribution in [2.45, 2.75) is 30.4 Å². The molecule has 1 amide bonds. The van der Waals surface area contributed by atoms with E-state index in [9.17, 15) is 4.79 Å². The lowest BCUT2D eigenvalue weighted by Gasteiger charge is -2.26. The summed E-state index contributed by atoms with van der Waals surface area (Å²) in [6.45, 7) is 0.689. The number of anilines is 1. The van der Waals surface area contributed by atoms with Gasteiger partial charge >= 0.3 is 0 Å². The Morgan fingerprint density at radius 2 is 2.26 bits per heavy atom. The van der Waals surface area contributed by atoms with Crippen LogP contribution in [0, 0.1) is 0 Å². The van der Waals surface area contributed by atoms with Crippen LogP contribution in [0.1, 0.15) is 36.0 Å². The molecule has 1 fully saturated rings. The smallest absolute Gasteiger partial charge is 0.252 e. The maximum absolute atomic E-state index is 12.1. The number of pyridine rings is 1. The zero-order valence-electron chi connectivity index (χ0n) is 10.9. The third-order valence-corrected chi connectivity index (χ3v) is 5.37. The number of carbonyl (C=O) groups is 1. The Kier molecular flexibility index (Phi) is 4.58. The summed E-state index contributed by atoms with van der Waals surface area (Å²) in [5, 5.41) is 3.29. The van der Waals surface area contributed by atoms with Crippen molar-refractivity contribution >= 4 is 35.1 Å². The quantitative estimate of drug-likeness (QED) is 0.897. The summed E-state index contributed by atoms with van der Waals surface area (Å²) in [5.74, 6) is 0.101. The minimum absolute atomic E-state index is 0.144. The molecule has 6 heteroatoms. The van der Waals surface area contributed by atoms with Gasteiger partial charge in [0.25, 0.3) is 5.91 Å². The van der Waals surface area contributed by atoms with Crippen LogP contribution in [-0.4, -0.2) is 28.4 Å². The highest BCUT2D eigenvalue weighted by Gasteiger charge is 2.33. The summed E-state index contributed by atoms with van der Waals surface area (Å²) < 4.78 is 0.195. The lowest BCUT2D eigenvalue weighted by molar-refractivity contribution is 0.0949. The summed E-state index contributed by atoms with van der Waals surface area (Å²) in [6, 6.07) is 1.56. The largest absolute Gasteiger partial charge is 0.382 e. The number of halogens is 1. The number of thioether (sulfide) groups is 1. The molecule has 2 rings (SSSR count). The summed E-state index contributed by atoms with van der Waals surface area (Å²) >= 11 is 7.71. The molecule has 1 aromatic heterocycles. The van der Waals surface area contributed by atoms with Crippen LogP contribution in [0.4, 0.5) is 5.82 Å². The Morgan fingerprint density at radius 3 is 2.84 bits per heavy atom. The number of nitrogens with one attached hydrogen (secondary N) is 1. The van der Waals surface area contributed by atoms with Gasteiger partial charge in [0.15, 0.2) is 0 Å². The average molecular weight is 300 g/mol. The van der Waals surface area contributed by atoms with Crippen molar-refractivity contribution in [1.29, 1.82) is 0 Å². The van der Waals surface area contributed by atoms with Gasteiger partial charge in [-0.1, -0.05) is 24.4 Å². The van der Waals surface area contributed by atoms with Gasteiger partial charge in [-0.05, 0) is 25.2 Å². The summed E-state index contributed by atoms with van der Waals surface area (Å²) in [4.78, 5) is 16.0. The fourth-order valence-electron chi connectivity index (χ4n) is 2.39. The molecule has 0 atom stereocenters. The first-order valence-corrected chi connectivity index (χ1v) is 7.91. The fraction of sp³-hybridized carbons (Fsp3) is 0.538. The van der Waals surface area contributed by atoms with Crippen LogP contribution >= 0.6 is 23.4 Å². The van der Waals surface area contributed by atoms with Crippen LogP contribution < -0.4 is 11.1 Å². The molecule has 1 heterocycles. The highest BCUT2D eigenvalue weighted by atomic mass is 35.5. The lowest BCUT2D eigenvalue weighted by atomic mass is 10.1. The van der Waals surface area contributed by atoms with Gasteiger partial charge in [0.1, 0.15) is 5.82 Å². The van der Waals surface area contributed by atoms with Gasteiger partial charge in [-0.3, -0.25) is 4.79 Å². The van der Waals surface area contributed by atoms with Crippen LogP contribution in [0.3, 0.4) is 0 Å². The zero-order valence-corrected chi connectivity index (χ0v) is 12.5. The first kappa shape index (κ1) is 14.5. The van der Waals surface area contributed by atoms with Gasteiger partial charge in [-0.2, -0.15) is 11.8 Å². The molecule has 0 aliphatic heterocycles. The molecular formula is C13H18ClN3OS. The van der Waals surface area contributed by atoms with E-state index in [0.29, 0.717) is 17.1 Å². The predicted molar refractivity (Wildman–Crippen MR) is 80.7 cm³/mol. The van der Waals surface area contributed by atoms with E-state index in [1.165, 1.54) is 19.0 Å². The Morgan fingerprint density at radius 1 is 1.58 bits per heavy atom. The van der Waals surface area contributed by atoms with Gasteiger partial charge in [0.2, 0.25) is 0 Å². The highest BCUT2D eigenvalue weighted by molar-refractivity contribution is 8.00. The third-order valence-electron chi connectivity index (χ3n) is 3.65. The van der Waals surface area contributed by atoms with E-state index < -0.39 is 0 Å². The van der Waals surface area contributed by atoms with Crippen LogP contribution in [0.2, 0.25) is 5.02 Å². The maximum atomic E-state index is 12.1. The number of amides is 1. The first-order valence-electron chi connectivity index (χ1n) is 6.31. The minimum Gasteiger partial charge on any atom is -0.382 e. The molecule has 3 N–H and O–H groups in total. The van der Waals surface area contributed by atoms with Crippen LogP contribution in [-0.2, 0) is 0 Å². The molecule has 0 saturated heterocycles. The number of aromatic nitrogens is 1. The SMILES string of the molecule is CSC1(CNC(=O)c2cnc(N)c(Cl)c2)CCCC1. The molecule has 1 aliphatic rings. The number of carbonyl (C=O) groups excluding carboxylic acids is 1. The van der Waals surface area contributed by atoms with Crippen molar-refractivity contribution in [2.75, 3.05) is 18.5 Å². The van der Waals surface area contributed by atoms with Gasteiger partial charge < -0.3 is 11.1 Å². The summed E-state index contributed by atoms with van der Waals surface area (Å²) in [6.07, 6.45) is 8.37. The van der Waals surface area contributed by atoms with Crippen molar-refractivity contribution < 1.29 is 4.79 Å². The van der Waals surface area contributed by atoms with Crippen molar-refractivity contribution in [2.24, 2.45) is 0 Å². The molecule has 19 heavy (non-hydrogen) atoms. The van der Waals surface area contributed by atoms with Crippen LogP contribution in [0.15, 0.2) is 12.3 Å². The van der Waals surface area contributed by atoms with Crippen LogP contribution in [0.25, 0.3) is 0 Å². The monoisotopic (exact) mass is 299 g/mol. The second kappa shape index (κ2) is 6.01. The number of rotatable bonds is 4. The van der Waals surface area contributed by atoms with E-state index in [0.717, 1.165) is 12.8 Å². The Labute approximate surface area is 122 Å². The molecule has 0 unspecified atom stereocenters. The van der Waals surface area contributed by atoms with Crippen LogP contribution in [0.5, 0.6) is 0 Å². The molecule has 4 nitrogen and oxygen atoms in total. The van der Waals surface area contributed by atoms with Gasteiger partial charge in [-0.15, -0.1) is 0 Å². The Hall–Kier alpha value is -0.940. The standard InChI is InChI=1S/C13H18ClN3OS/c1-19-13(4-2-3-5-13)8-17-12(18)9-6-10(14)11(15)16-7-9/h6-7H,2-5,8H2,1H3,(H2,15,16)(H,17,18). The molecule has 1 aromatic rings. The lowest BCUT2D eigenvalue weighted by Crippen LogP contribution is -2.38. The van der Waals surface area contributed by atoms with E-state index in [2.05, 4.69) is 16.6 Å². The Bertz CT molecular complexity index is 475. The second-order valence-corrected chi connectivity index (χ2v) is 6.55. The van der Waals surface area contributed by atoms with Crippen molar-refractivity contribution in [3.05, 3.63) is 22.8 Å². The molecule has 0 radical (unpaired) electrons. The molecule has 0 spiro atoms. The highest BCUT2D eigenvalue weighted by Crippen LogP contribution is 2.39. The van der Waals surface area contributed by atoms with E-state index >= 15 is 0 Å². The van der Waals surface area contributed by atoms with Crippen molar-refractivity contribution in [1.82, 2.24) is 10.3 Å². The molecule has 0 bridgehead atoms. The Balaban J connectivity index is 1.99. The number of hydrogen-bond donors (Lipinski definition) is 2. The average Bonchev–Trinajstić information content (AvgIpc) is 2.89. The molecule has 104 valence electrons. The van der Waals surface area contributed by atoms with Crippen molar-refractivity contribution in [3.63, 3.8) is 0 Å². The molecule has 1 aliphatic carbocycles. The molecular weight excluding hydrogens is 282 g/mol. The van der Waals surface area contributed by atoms with E-state index in [1.807, 2.05) is 11.8 Å². The third kappa shape index (κ3) is 3.34. The summed E-state index contributed by atoms with van der Waals surface area (Å²) in [5.41, 5.74) is 5.98. The molecule has 1 saturated carbocycles. The van der Waals surface area contributed by atoms with Gasteiger partial charge in [0.05, 0.1) is 10.6 Å². The van der Waals surface area contributed by atoms with E-state index in [-0.39, 0.29) is 16.5 Å². The van der Waals surface area contributed by atoms with Gasteiger partial charge in [0, 0.05) is 17.5 Å². The van der Waals surface area contributed by atoms with Gasteiger partial charge in [-0.25, -0.2) is 4.98 Å². The number of hydrogen-bond acceptors (Lipinski definition) is 4. The normalized spacial score (nSPS) is 17.4. The van der Waals surface area contributed by atoms with E-state index in [1.54, 1.807) is 6.07 Å². The first-order chi connectivity index (χ1) is 9.06. The molecule has 0 aromatic carbocycles. The second-order valence-electron chi connectivity index (χ2n) is 4.87. The number of nitrogens with zero attached hydrogens (tertiary/aromatic N) is 1. The fourth-order valence-corrected chi connectivity index (χ4v) is 3.47. The topological polar surface area (TPSA) is 68.0 Å². The predicted octanol–water partition coefficient (Wildman–Crippen LogP) is 2.72. The zero-order chi connectivity index (χ0) is 13.9. The van der Waals surface area contributed by atoms with E-state index in [4.69, 9.17) is 17.3 Å².